The van der Waals surface area contributed by atoms with Crippen LogP contribution >= 0.6 is 23.7 Å². The topological polar surface area (TPSA) is 70.1 Å². The summed E-state index contributed by atoms with van der Waals surface area (Å²) in [6.07, 6.45) is 0. The van der Waals surface area contributed by atoms with Crippen LogP contribution < -0.4 is 10.6 Å². The molecule has 0 aliphatic carbocycles. The maximum absolute atomic E-state index is 12.9. The van der Waals surface area contributed by atoms with E-state index >= 15 is 0 Å². The number of rotatable bonds is 4. The highest BCUT2D eigenvalue weighted by Gasteiger charge is 2.20. The second-order valence-electron chi connectivity index (χ2n) is 5.49. The zero-order valence-corrected chi connectivity index (χ0v) is 14.8. The Morgan fingerprint density at radius 1 is 1.42 bits per heavy atom. The Kier molecular flexibility index (Phi) is 6.61. The summed E-state index contributed by atoms with van der Waals surface area (Å²) in [7, 11) is 0. The predicted molar refractivity (Wildman–Crippen MR) is 94.3 cm³/mol. The van der Waals surface area contributed by atoms with Gasteiger partial charge in [0, 0.05) is 31.4 Å². The molecule has 2 N–H and O–H groups in total. The average Bonchev–Trinajstić information content (AvgIpc) is 3.01. The zero-order chi connectivity index (χ0) is 16.2. The Hall–Kier alpha value is -1.61. The van der Waals surface area contributed by atoms with Crippen molar-refractivity contribution < 1.29 is 9.18 Å². The highest BCUT2D eigenvalue weighted by Crippen LogP contribution is 2.17. The van der Waals surface area contributed by atoms with Crippen molar-refractivity contribution in [2.75, 3.05) is 25.0 Å². The molecule has 0 radical (unpaired) electrons. The van der Waals surface area contributed by atoms with Crippen molar-refractivity contribution in [1.82, 2.24) is 20.4 Å². The zero-order valence-electron chi connectivity index (χ0n) is 13.2. The van der Waals surface area contributed by atoms with Crippen LogP contribution in [0.15, 0.2) is 24.3 Å². The number of carbonyl (C=O) groups is 1. The molecule has 1 amide bonds. The van der Waals surface area contributed by atoms with E-state index in [1.165, 1.54) is 35.6 Å². The summed E-state index contributed by atoms with van der Waals surface area (Å²) in [4.78, 5) is 14.5. The number of amides is 1. The third kappa shape index (κ3) is 4.70. The van der Waals surface area contributed by atoms with E-state index in [1.54, 1.807) is 0 Å². The Labute approximate surface area is 149 Å². The summed E-state index contributed by atoms with van der Waals surface area (Å²) < 4.78 is 12.9. The molecule has 2 heterocycles. The van der Waals surface area contributed by atoms with E-state index in [-0.39, 0.29) is 24.1 Å². The number of nitrogens with zero attached hydrogens (tertiary/aromatic N) is 3. The van der Waals surface area contributed by atoms with Gasteiger partial charge in [-0.25, -0.2) is 4.39 Å². The number of hydrogen-bond donors (Lipinski definition) is 2. The number of hydrogen-bond acceptors (Lipinski definition) is 6. The van der Waals surface area contributed by atoms with E-state index < -0.39 is 0 Å². The normalized spacial score (nSPS) is 18.0. The van der Waals surface area contributed by atoms with Crippen LogP contribution in [0.3, 0.4) is 0 Å². The molecule has 6 nitrogen and oxygen atoms in total. The van der Waals surface area contributed by atoms with Gasteiger partial charge in [0.2, 0.25) is 5.01 Å². The fraction of sp³-hybridized carbons (Fsp3) is 0.400. The van der Waals surface area contributed by atoms with Gasteiger partial charge in [-0.2, -0.15) is 0 Å². The van der Waals surface area contributed by atoms with Gasteiger partial charge in [-0.1, -0.05) is 11.3 Å². The number of carbonyl (C=O) groups excluding carboxylic acids is 1. The van der Waals surface area contributed by atoms with Crippen molar-refractivity contribution in [2.45, 2.75) is 19.5 Å². The standard InChI is InChI=1S/C15H18FN5OS.ClH/c1-10-8-17-6-7-21(10)9-13-19-20-15(23-13)14(22)18-12-4-2-11(16)3-5-12;/h2-5,10,17H,6-9H2,1H3,(H,18,22);1H/t10-;/m0./s1. The smallest absolute Gasteiger partial charge is 0.286 e. The number of nitrogens with one attached hydrogen (secondary N) is 2. The van der Waals surface area contributed by atoms with Gasteiger partial charge in [0.1, 0.15) is 10.8 Å². The molecule has 1 saturated heterocycles. The molecule has 130 valence electrons. The summed E-state index contributed by atoms with van der Waals surface area (Å²) in [6.45, 7) is 5.73. The third-order valence-corrected chi connectivity index (χ3v) is 4.65. The lowest BCUT2D eigenvalue weighted by Crippen LogP contribution is -2.49. The third-order valence-electron chi connectivity index (χ3n) is 3.74. The summed E-state index contributed by atoms with van der Waals surface area (Å²) in [5.41, 5.74) is 0.531. The lowest BCUT2D eigenvalue weighted by Gasteiger charge is -2.32. The maximum Gasteiger partial charge on any atom is 0.286 e. The molecule has 0 spiro atoms. The minimum absolute atomic E-state index is 0. The molecule has 1 aromatic heterocycles. The monoisotopic (exact) mass is 371 g/mol. The van der Waals surface area contributed by atoms with Crippen LogP contribution in [0.25, 0.3) is 0 Å². The fourth-order valence-corrected chi connectivity index (χ4v) is 3.18. The Morgan fingerprint density at radius 2 is 2.17 bits per heavy atom. The average molecular weight is 372 g/mol. The van der Waals surface area contributed by atoms with Crippen molar-refractivity contribution in [2.24, 2.45) is 0 Å². The first-order valence-corrected chi connectivity index (χ1v) is 8.27. The first kappa shape index (κ1) is 18.7. The lowest BCUT2D eigenvalue weighted by atomic mass is 10.2. The van der Waals surface area contributed by atoms with Crippen molar-refractivity contribution in [3.05, 3.63) is 40.1 Å². The van der Waals surface area contributed by atoms with Crippen LogP contribution in [-0.4, -0.2) is 46.7 Å². The molecular weight excluding hydrogens is 353 g/mol. The van der Waals surface area contributed by atoms with Gasteiger partial charge in [0.05, 0.1) is 6.54 Å². The molecule has 0 bridgehead atoms. The fourth-order valence-electron chi connectivity index (χ4n) is 2.42. The van der Waals surface area contributed by atoms with E-state index in [2.05, 4.69) is 32.7 Å². The Bertz CT molecular complexity index is 681. The summed E-state index contributed by atoms with van der Waals surface area (Å²) in [5.74, 6) is -0.667. The molecule has 1 atom stereocenters. The minimum Gasteiger partial charge on any atom is -0.320 e. The molecule has 24 heavy (non-hydrogen) atoms. The summed E-state index contributed by atoms with van der Waals surface area (Å²) in [5, 5.41) is 15.2. The van der Waals surface area contributed by atoms with Gasteiger partial charge in [0.15, 0.2) is 0 Å². The Morgan fingerprint density at radius 3 is 2.88 bits per heavy atom. The van der Waals surface area contributed by atoms with E-state index in [1.807, 2.05) is 0 Å². The van der Waals surface area contributed by atoms with E-state index in [4.69, 9.17) is 0 Å². The summed E-state index contributed by atoms with van der Waals surface area (Å²) in [6, 6.07) is 6.05. The van der Waals surface area contributed by atoms with Gasteiger partial charge in [-0.05, 0) is 31.2 Å². The molecule has 1 aliphatic heterocycles. The molecule has 1 fully saturated rings. The Balaban J connectivity index is 0.00000208. The number of anilines is 1. The van der Waals surface area contributed by atoms with Crippen LogP contribution in [0.5, 0.6) is 0 Å². The minimum atomic E-state index is -0.341. The first-order chi connectivity index (χ1) is 11.1. The molecule has 1 aliphatic rings. The van der Waals surface area contributed by atoms with Crippen LogP contribution in [0, 0.1) is 5.82 Å². The molecule has 9 heteroatoms. The lowest BCUT2D eigenvalue weighted by molar-refractivity contribution is 0.102. The van der Waals surface area contributed by atoms with Crippen molar-refractivity contribution in [3.8, 4) is 0 Å². The number of halogens is 2. The number of benzene rings is 1. The van der Waals surface area contributed by atoms with Crippen LogP contribution in [-0.2, 0) is 6.54 Å². The van der Waals surface area contributed by atoms with E-state index in [9.17, 15) is 9.18 Å². The molecule has 0 unspecified atom stereocenters. The first-order valence-electron chi connectivity index (χ1n) is 7.46. The number of aromatic nitrogens is 2. The van der Waals surface area contributed by atoms with Gasteiger partial charge >= 0.3 is 0 Å². The SMILES string of the molecule is C[C@H]1CNCCN1Cc1nnc(C(=O)Nc2ccc(F)cc2)s1.Cl. The quantitative estimate of drug-likeness (QED) is 0.861. The molecule has 2 aromatic rings. The second kappa shape index (κ2) is 8.48. The molecular formula is C15H19ClFN5OS. The predicted octanol–water partition coefficient (Wildman–Crippen LogP) is 2.15. The van der Waals surface area contributed by atoms with E-state index in [0.717, 1.165) is 24.6 Å². The molecule has 3 rings (SSSR count). The van der Waals surface area contributed by atoms with Crippen LogP contribution in [0.4, 0.5) is 10.1 Å². The molecule has 0 saturated carbocycles. The van der Waals surface area contributed by atoms with Crippen molar-refractivity contribution in [1.29, 1.82) is 0 Å². The summed E-state index contributed by atoms with van der Waals surface area (Å²) >= 11 is 1.29. The second-order valence-corrected chi connectivity index (χ2v) is 6.55. The highest BCUT2D eigenvalue weighted by molar-refractivity contribution is 7.13. The van der Waals surface area contributed by atoms with Gasteiger partial charge in [-0.15, -0.1) is 22.6 Å². The van der Waals surface area contributed by atoms with Gasteiger partial charge < -0.3 is 10.6 Å². The maximum atomic E-state index is 12.9. The van der Waals surface area contributed by atoms with Crippen molar-refractivity contribution in [3.63, 3.8) is 0 Å². The number of piperazine rings is 1. The highest BCUT2D eigenvalue weighted by atomic mass is 35.5. The largest absolute Gasteiger partial charge is 0.320 e. The van der Waals surface area contributed by atoms with Gasteiger partial charge in [-0.3, -0.25) is 9.69 Å². The molecule has 1 aromatic carbocycles. The van der Waals surface area contributed by atoms with Crippen LogP contribution in [0.1, 0.15) is 21.7 Å². The van der Waals surface area contributed by atoms with Crippen molar-refractivity contribution >= 4 is 35.3 Å². The van der Waals surface area contributed by atoms with E-state index in [0.29, 0.717) is 23.3 Å². The van der Waals surface area contributed by atoms with Gasteiger partial charge in [0.25, 0.3) is 5.91 Å². The van der Waals surface area contributed by atoms with Crippen LogP contribution in [0.2, 0.25) is 0 Å².